The predicted octanol–water partition coefficient (Wildman–Crippen LogP) is 3.14. The van der Waals surface area contributed by atoms with Crippen molar-refractivity contribution in [2.24, 2.45) is 5.73 Å². The lowest BCUT2D eigenvalue weighted by molar-refractivity contribution is -0.106. The number of primary amides is 1. The number of hydrogen-bond donors (Lipinski definition) is 2. The van der Waals surface area contributed by atoms with Gasteiger partial charge in [-0.05, 0) is 24.6 Å². The maximum atomic E-state index is 9.07. The molecule has 1 rings (SSSR count). The fourth-order valence-corrected chi connectivity index (χ4v) is 1.29. The molecule has 0 aliphatic rings. The lowest BCUT2D eigenvalue weighted by Crippen LogP contribution is -1.82. The summed E-state index contributed by atoms with van der Waals surface area (Å²) in [6, 6.07) is 3.31. The third-order valence-corrected chi connectivity index (χ3v) is 1.74. The Morgan fingerprint density at radius 1 is 1.27 bits per heavy atom. The minimum atomic E-state index is -0.0473. The zero-order chi connectivity index (χ0) is 12.4. The first-order chi connectivity index (χ1) is 7.02. The Morgan fingerprint density at radius 3 is 1.80 bits per heavy atom. The van der Waals surface area contributed by atoms with Gasteiger partial charge < -0.3 is 10.8 Å². The molecule has 0 aromatic heterocycles. The molecule has 1 amide bonds. The number of halogens is 2. The van der Waals surface area contributed by atoms with E-state index in [2.05, 4.69) is 5.73 Å². The lowest BCUT2D eigenvalue weighted by Gasteiger charge is -1.99. The van der Waals surface area contributed by atoms with Crippen LogP contribution in [0.15, 0.2) is 12.1 Å². The van der Waals surface area contributed by atoms with Gasteiger partial charge in [0.25, 0.3) is 0 Å². The Bertz CT molecular complexity index is 280. The lowest BCUT2D eigenvalue weighted by atomic mass is 10.2. The summed E-state index contributed by atoms with van der Waals surface area (Å²) in [5.74, 6) is -0.0473. The van der Waals surface area contributed by atoms with E-state index in [1.165, 1.54) is 0 Å². The van der Waals surface area contributed by atoms with E-state index in [0.717, 1.165) is 5.56 Å². The highest BCUT2D eigenvalue weighted by molar-refractivity contribution is 6.37. The van der Waals surface area contributed by atoms with Crippen molar-refractivity contribution < 1.29 is 9.90 Å². The van der Waals surface area contributed by atoms with Gasteiger partial charge in [-0.1, -0.05) is 37.0 Å². The topological polar surface area (TPSA) is 63.3 Å². The molecule has 1 aromatic rings. The molecule has 0 aliphatic heterocycles. The summed E-state index contributed by atoms with van der Waals surface area (Å²) in [4.78, 5) is 8.58. The van der Waals surface area contributed by atoms with E-state index in [4.69, 9.17) is 33.1 Å². The van der Waals surface area contributed by atoms with E-state index in [1.807, 2.05) is 20.8 Å². The molecule has 0 unspecified atom stereocenters. The molecule has 0 saturated carbocycles. The monoisotopic (exact) mass is 251 g/mol. The third kappa shape index (κ3) is 7.05. The van der Waals surface area contributed by atoms with Gasteiger partial charge in [0.15, 0.2) is 5.75 Å². The van der Waals surface area contributed by atoms with Gasteiger partial charge in [-0.15, -0.1) is 0 Å². The van der Waals surface area contributed by atoms with E-state index in [1.54, 1.807) is 12.1 Å². The molecule has 0 bridgehead atoms. The first kappa shape index (κ1) is 16.5. The second kappa shape index (κ2) is 9.62. The Kier molecular flexibility index (Phi) is 10.6. The molecule has 0 spiro atoms. The number of aromatic hydroxyl groups is 1. The molecule has 0 aliphatic carbocycles. The first-order valence-corrected chi connectivity index (χ1v) is 5.08. The minimum absolute atomic E-state index is 0.0473. The molecule has 0 radical (unpaired) electrons. The molecule has 15 heavy (non-hydrogen) atoms. The number of rotatable bonds is 0. The second-order valence-electron chi connectivity index (χ2n) is 2.21. The van der Waals surface area contributed by atoms with Crippen LogP contribution in [0, 0.1) is 6.92 Å². The van der Waals surface area contributed by atoms with E-state index in [9.17, 15) is 0 Å². The number of nitrogens with two attached hydrogens (primary N) is 1. The summed E-state index contributed by atoms with van der Waals surface area (Å²) in [5, 5.41) is 9.66. The highest BCUT2D eigenvalue weighted by Crippen LogP contribution is 2.32. The maximum absolute atomic E-state index is 9.07. The van der Waals surface area contributed by atoms with Crippen molar-refractivity contribution in [2.45, 2.75) is 20.8 Å². The fourth-order valence-electron chi connectivity index (χ4n) is 0.692. The van der Waals surface area contributed by atoms with Gasteiger partial charge in [-0.2, -0.15) is 0 Å². The number of aryl methyl sites for hydroxylation is 1. The van der Waals surface area contributed by atoms with Gasteiger partial charge in [0.1, 0.15) is 0 Å². The molecule has 3 N–H and O–H groups in total. The summed E-state index contributed by atoms with van der Waals surface area (Å²) in [6.07, 6.45) is 0.250. The molecular formula is C10H15Cl2NO2. The van der Waals surface area contributed by atoms with Crippen molar-refractivity contribution in [3.05, 3.63) is 27.7 Å². The van der Waals surface area contributed by atoms with Crippen LogP contribution in [-0.4, -0.2) is 11.5 Å². The van der Waals surface area contributed by atoms with Crippen LogP contribution in [0.25, 0.3) is 0 Å². The number of phenolic OH excluding ortho intramolecular Hbond substituents is 1. The predicted molar refractivity (Wildman–Crippen MR) is 64.5 cm³/mol. The summed E-state index contributed by atoms with van der Waals surface area (Å²) >= 11 is 11.2. The summed E-state index contributed by atoms with van der Waals surface area (Å²) in [7, 11) is 0. The first-order valence-electron chi connectivity index (χ1n) is 4.33. The summed E-state index contributed by atoms with van der Waals surface area (Å²) < 4.78 is 0. The molecule has 0 atom stereocenters. The highest BCUT2D eigenvalue weighted by atomic mass is 35.5. The van der Waals surface area contributed by atoms with Gasteiger partial charge >= 0.3 is 0 Å². The van der Waals surface area contributed by atoms with Crippen molar-refractivity contribution in [3.63, 3.8) is 0 Å². The zero-order valence-electron chi connectivity index (χ0n) is 8.92. The van der Waals surface area contributed by atoms with Crippen molar-refractivity contribution in [1.82, 2.24) is 0 Å². The molecule has 0 fully saturated rings. The van der Waals surface area contributed by atoms with Crippen LogP contribution < -0.4 is 5.73 Å². The second-order valence-corrected chi connectivity index (χ2v) is 3.03. The average molecular weight is 252 g/mol. The van der Waals surface area contributed by atoms with Crippen LogP contribution in [0.1, 0.15) is 19.4 Å². The van der Waals surface area contributed by atoms with Crippen LogP contribution in [0.2, 0.25) is 10.0 Å². The number of amides is 1. The van der Waals surface area contributed by atoms with Crippen molar-refractivity contribution in [1.29, 1.82) is 0 Å². The van der Waals surface area contributed by atoms with Gasteiger partial charge in [-0.3, -0.25) is 4.79 Å². The van der Waals surface area contributed by atoms with Crippen LogP contribution in [0.5, 0.6) is 5.75 Å². The van der Waals surface area contributed by atoms with E-state index < -0.39 is 0 Å². The molecule has 0 saturated heterocycles. The Labute approximate surface area is 99.8 Å². The smallest absolute Gasteiger partial charge is 0.204 e. The molecule has 5 heteroatoms. The molecule has 0 heterocycles. The average Bonchev–Trinajstić information content (AvgIpc) is 2.18. The number of phenols is 1. The Morgan fingerprint density at radius 2 is 1.53 bits per heavy atom. The Hall–Kier alpha value is -0.930. The molecule has 1 aromatic carbocycles. The standard InChI is InChI=1S/C7H6Cl2O.C2H6.CH3NO/c1-4-2-5(8)7(10)6(9)3-4;1-2;2-1-3/h2-3,10H,1H3;1-2H3;1H,(H2,2,3). The highest BCUT2D eigenvalue weighted by Gasteiger charge is 2.02. The number of benzene rings is 1. The molecule has 3 nitrogen and oxygen atoms in total. The largest absolute Gasteiger partial charge is 0.505 e. The van der Waals surface area contributed by atoms with Crippen molar-refractivity contribution in [2.75, 3.05) is 0 Å². The van der Waals surface area contributed by atoms with Gasteiger partial charge in [-0.25, -0.2) is 0 Å². The molecular weight excluding hydrogens is 237 g/mol. The number of carbonyl (C=O) groups is 1. The normalized spacial score (nSPS) is 7.80. The molecule has 86 valence electrons. The van der Waals surface area contributed by atoms with Crippen LogP contribution >= 0.6 is 23.2 Å². The summed E-state index contributed by atoms with van der Waals surface area (Å²) in [6.45, 7) is 5.86. The van der Waals surface area contributed by atoms with Gasteiger partial charge in [0.2, 0.25) is 6.41 Å². The SMILES string of the molecule is CC.Cc1cc(Cl)c(O)c(Cl)c1.NC=O. The third-order valence-electron chi connectivity index (χ3n) is 1.16. The van der Waals surface area contributed by atoms with Gasteiger partial charge in [0.05, 0.1) is 10.0 Å². The van der Waals surface area contributed by atoms with E-state index in [-0.39, 0.29) is 12.2 Å². The fraction of sp³-hybridized carbons (Fsp3) is 0.300. The van der Waals surface area contributed by atoms with E-state index in [0.29, 0.717) is 10.0 Å². The zero-order valence-corrected chi connectivity index (χ0v) is 10.4. The van der Waals surface area contributed by atoms with Crippen LogP contribution in [0.4, 0.5) is 0 Å². The number of carbonyl (C=O) groups excluding carboxylic acids is 1. The van der Waals surface area contributed by atoms with Crippen LogP contribution in [-0.2, 0) is 4.79 Å². The quantitative estimate of drug-likeness (QED) is 0.696. The maximum Gasteiger partial charge on any atom is 0.204 e. The van der Waals surface area contributed by atoms with Crippen molar-refractivity contribution >= 4 is 29.6 Å². The Balaban J connectivity index is 0. The number of hydrogen-bond acceptors (Lipinski definition) is 2. The van der Waals surface area contributed by atoms with Crippen LogP contribution in [0.3, 0.4) is 0 Å². The van der Waals surface area contributed by atoms with Crippen molar-refractivity contribution in [3.8, 4) is 5.75 Å². The van der Waals surface area contributed by atoms with Gasteiger partial charge in [0, 0.05) is 0 Å². The minimum Gasteiger partial charge on any atom is -0.505 e. The van der Waals surface area contributed by atoms with E-state index >= 15 is 0 Å². The summed E-state index contributed by atoms with van der Waals surface area (Å²) in [5.41, 5.74) is 5.10.